The molecule has 0 saturated carbocycles. The van der Waals surface area contributed by atoms with Crippen molar-refractivity contribution >= 4 is 11.6 Å². The van der Waals surface area contributed by atoms with Gasteiger partial charge in [0.05, 0.1) is 6.54 Å². The SMILES string of the molecule is CC(C)(C)C(=O)Nc1ccc(Cn2cncn2)cc1. The van der Waals surface area contributed by atoms with Crippen LogP contribution < -0.4 is 5.32 Å². The van der Waals surface area contributed by atoms with Crippen molar-refractivity contribution in [3.8, 4) is 0 Å². The van der Waals surface area contributed by atoms with Gasteiger partial charge in [0.1, 0.15) is 12.7 Å². The highest BCUT2D eigenvalue weighted by molar-refractivity contribution is 5.94. The van der Waals surface area contributed by atoms with E-state index < -0.39 is 0 Å². The van der Waals surface area contributed by atoms with E-state index in [2.05, 4.69) is 15.4 Å². The van der Waals surface area contributed by atoms with Crippen molar-refractivity contribution < 1.29 is 4.79 Å². The highest BCUT2D eigenvalue weighted by Gasteiger charge is 2.20. The largest absolute Gasteiger partial charge is 0.326 e. The summed E-state index contributed by atoms with van der Waals surface area (Å²) in [7, 11) is 0. The summed E-state index contributed by atoms with van der Waals surface area (Å²) in [6.45, 7) is 6.34. The lowest BCUT2D eigenvalue weighted by molar-refractivity contribution is -0.123. The van der Waals surface area contributed by atoms with Crippen molar-refractivity contribution in [1.82, 2.24) is 14.8 Å². The van der Waals surface area contributed by atoms with Gasteiger partial charge < -0.3 is 5.32 Å². The van der Waals surface area contributed by atoms with Crippen molar-refractivity contribution in [3.05, 3.63) is 42.5 Å². The number of hydrogen-bond donors (Lipinski definition) is 1. The van der Waals surface area contributed by atoms with Crippen LogP contribution in [0.25, 0.3) is 0 Å². The molecule has 1 N–H and O–H groups in total. The number of nitrogens with one attached hydrogen (secondary N) is 1. The van der Waals surface area contributed by atoms with Crippen LogP contribution in [0.2, 0.25) is 0 Å². The summed E-state index contributed by atoms with van der Waals surface area (Å²) in [5.41, 5.74) is 1.53. The fourth-order valence-corrected chi connectivity index (χ4v) is 1.51. The topological polar surface area (TPSA) is 59.8 Å². The van der Waals surface area contributed by atoms with Gasteiger partial charge >= 0.3 is 0 Å². The van der Waals surface area contributed by atoms with Crippen molar-refractivity contribution in [2.45, 2.75) is 27.3 Å². The minimum Gasteiger partial charge on any atom is -0.326 e. The molecule has 0 unspecified atom stereocenters. The number of rotatable bonds is 3. The summed E-state index contributed by atoms with van der Waals surface area (Å²) in [5.74, 6) is 0.0107. The third kappa shape index (κ3) is 3.64. The first-order valence-electron chi connectivity index (χ1n) is 6.18. The van der Waals surface area contributed by atoms with Crippen LogP contribution >= 0.6 is 0 Å². The highest BCUT2D eigenvalue weighted by Crippen LogP contribution is 2.17. The smallest absolute Gasteiger partial charge is 0.229 e. The molecule has 19 heavy (non-hydrogen) atoms. The van der Waals surface area contributed by atoms with Crippen molar-refractivity contribution in [3.63, 3.8) is 0 Å². The van der Waals surface area contributed by atoms with Crippen molar-refractivity contribution in [2.75, 3.05) is 5.32 Å². The molecule has 1 amide bonds. The first kappa shape index (κ1) is 13.3. The lowest BCUT2D eigenvalue weighted by Crippen LogP contribution is -2.27. The van der Waals surface area contributed by atoms with E-state index in [1.807, 2.05) is 45.0 Å². The Bertz CT molecular complexity index is 538. The number of carbonyl (C=O) groups is 1. The molecule has 2 rings (SSSR count). The Kier molecular flexibility index (Phi) is 3.64. The molecule has 1 aromatic carbocycles. The normalized spacial score (nSPS) is 11.3. The molecule has 5 nitrogen and oxygen atoms in total. The number of carbonyl (C=O) groups excluding carboxylic acids is 1. The van der Waals surface area contributed by atoms with E-state index in [1.165, 1.54) is 6.33 Å². The summed E-state index contributed by atoms with van der Waals surface area (Å²) >= 11 is 0. The predicted molar refractivity (Wildman–Crippen MR) is 73.7 cm³/mol. The zero-order valence-electron chi connectivity index (χ0n) is 11.4. The predicted octanol–water partition coefficient (Wildman–Crippen LogP) is 2.31. The number of aromatic nitrogens is 3. The van der Waals surface area contributed by atoms with Crippen molar-refractivity contribution in [2.24, 2.45) is 5.41 Å². The van der Waals surface area contributed by atoms with E-state index in [9.17, 15) is 4.79 Å². The van der Waals surface area contributed by atoms with Crippen LogP contribution in [-0.2, 0) is 11.3 Å². The molecular weight excluding hydrogens is 240 g/mol. The van der Waals surface area contributed by atoms with Gasteiger partial charge in [-0.1, -0.05) is 32.9 Å². The van der Waals surface area contributed by atoms with E-state index in [0.717, 1.165) is 11.3 Å². The summed E-state index contributed by atoms with van der Waals surface area (Å²) in [6.07, 6.45) is 3.19. The Morgan fingerprint density at radius 1 is 1.26 bits per heavy atom. The Hall–Kier alpha value is -2.17. The van der Waals surface area contributed by atoms with Crippen LogP contribution in [-0.4, -0.2) is 20.7 Å². The van der Waals surface area contributed by atoms with Gasteiger partial charge in [-0.25, -0.2) is 9.67 Å². The van der Waals surface area contributed by atoms with E-state index in [1.54, 1.807) is 11.0 Å². The van der Waals surface area contributed by atoms with Crippen LogP contribution in [0.15, 0.2) is 36.9 Å². The minimum atomic E-state index is -0.389. The Morgan fingerprint density at radius 2 is 1.95 bits per heavy atom. The molecule has 5 heteroatoms. The molecule has 2 aromatic rings. The highest BCUT2D eigenvalue weighted by atomic mass is 16.2. The number of hydrogen-bond acceptors (Lipinski definition) is 3. The Balaban J connectivity index is 2.01. The van der Waals surface area contributed by atoms with Gasteiger partial charge in [0.2, 0.25) is 5.91 Å². The maximum Gasteiger partial charge on any atom is 0.229 e. The number of nitrogens with zero attached hydrogens (tertiary/aromatic N) is 3. The molecule has 0 saturated heterocycles. The second-order valence-electron chi connectivity index (χ2n) is 5.49. The summed E-state index contributed by atoms with van der Waals surface area (Å²) < 4.78 is 1.75. The maximum absolute atomic E-state index is 11.8. The molecule has 0 aliphatic carbocycles. The first-order chi connectivity index (χ1) is 8.95. The van der Waals surface area contributed by atoms with E-state index in [0.29, 0.717) is 6.54 Å². The fraction of sp³-hybridized carbons (Fsp3) is 0.357. The third-order valence-corrected chi connectivity index (χ3v) is 2.70. The van der Waals surface area contributed by atoms with Crippen LogP contribution in [0.3, 0.4) is 0 Å². The minimum absolute atomic E-state index is 0.0107. The van der Waals surface area contributed by atoms with E-state index in [-0.39, 0.29) is 11.3 Å². The molecule has 1 aromatic heterocycles. The average molecular weight is 258 g/mol. The molecule has 0 bridgehead atoms. The second-order valence-corrected chi connectivity index (χ2v) is 5.49. The monoisotopic (exact) mass is 258 g/mol. The quantitative estimate of drug-likeness (QED) is 0.919. The molecule has 100 valence electrons. The summed E-state index contributed by atoms with van der Waals surface area (Å²) in [6, 6.07) is 7.74. The van der Waals surface area contributed by atoms with Gasteiger partial charge in [-0.2, -0.15) is 5.10 Å². The lowest BCUT2D eigenvalue weighted by atomic mass is 9.95. The number of anilines is 1. The molecule has 0 aliphatic heterocycles. The standard InChI is InChI=1S/C14H18N4O/c1-14(2,3)13(19)17-12-6-4-11(5-7-12)8-18-10-15-9-16-18/h4-7,9-10H,8H2,1-3H3,(H,17,19). The molecule has 0 spiro atoms. The van der Waals surface area contributed by atoms with Crippen LogP contribution in [0.5, 0.6) is 0 Å². The van der Waals surface area contributed by atoms with Crippen LogP contribution in [0.1, 0.15) is 26.3 Å². The summed E-state index contributed by atoms with van der Waals surface area (Å²) in [5, 5.41) is 6.94. The fourth-order valence-electron chi connectivity index (χ4n) is 1.51. The molecule has 0 radical (unpaired) electrons. The molecule has 0 atom stereocenters. The van der Waals surface area contributed by atoms with Gasteiger partial charge in [-0.05, 0) is 17.7 Å². The van der Waals surface area contributed by atoms with Gasteiger partial charge in [0.25, 0.3) is 0 Å². The second kappa shape index (κ2) is 5.22. The van der Waals surface area contributed by atoms with Gasteiger partial charge in [-0.3, -0.25) is 4.79 Å². The van der Waals surface area contributed by atoms with Gasteiger partial charge in [-0.15, -0.1) is 0 Å². The van der Waals surface area contributed by atoms with Crippen LogP contribution in [0.4, 0.5) is 5.69 Å². The third-order valence-electron chi connectivity index (χ3n) is 2.70. The molecule has 0 aliphatic rings. The Labute approximate surface area is 112 Å². The molecule has 0 fully saturated rings. The first-order valence-corrected chi connectivity index (χ1v) is 6.18. The zero-order valence-corrected chi connectivity index (χ0v) is 11.4. The number of benzene rings is 1. The molecule has 1 heterocycles. The van der Waals surface area contributed by atoms with Gasteiger partial charge in [0.15, 0.2) is 0 Å². The zero-order chi connectivity index (χ0) is 13.9. The van der Waals surface area contributed by atoms with Gasteiger partial charge in [0, 0.05) is 11.1 Å². The average Bonchev–Trinajstić information content (AvgIpc) is 2.83. The number of amides is 1. The van der Waals surface area contributed by atoms with Crippen molar-refractivity contribution in [1.29, 1.82) is 0 Å². The molecular formula is C14H18N4O. The van der Waals surface area contributed by atoms with E-state index >= 15 is 0 Å². The maximum atomic E-state index is 11.8. The van der Waals surface area contributed by atoms with E-state index in [4.69, 9.17) is 0 Å². The Morgan fingerprint density at radius 3 is 2.47 bits per heavy atom. The lowest BCUT2D eigenvalue weighted by Gasteiger charge is -2.17. The van der Waals surface area contributed by atoms with Crippen LogP contribution in [0, 0.1) is 5.41 Å². The summed E-state index contributed by atoms with van der Waals surface area (Å²) in [4.78, 5) is 15.7.